The molecule has 6 nitrogen and oxygen atoms in total. The number of rotatable bonds is 8. The molecule has 1 aliphatic carbocycles. The van der Waals surface area contributed by atoms with Crippen molar-refractivity contribution in [3.05, 3.63) is 35.4 Å². The van der Waals surface area contributed by atoms with Crippen molar-refractivity contribution in [3.8, 4) is 0 Å². The maximum atomic E-state index is 11.8. The molecule has 2 aliphatic rings. The van der Waals surface area contributed by atoms with E-state index in [9.17, 15) is 4.79 Å². The number of carbonyl (C=O) groups is 1. The fourth-order valence-electron chi connectivity index (χ4n) is 4.06. The van der Waals surface area contributed by atoms with Gasteiger partial charge in [0.25, 0.3) is 0 Å². The molecule has 0 unspecified atom stereocenters. The lowest BCUT2D eigenvalue weighted by atomic mass is 10.1. The molecule has 1 aromatic carbocycles. The third-order valence-corrected chi connectivity index (χ3v) is 5.80. The lowest BCUT2D eigenvalue weighted by molar-refractivity contribution is -0.128. The zero-order valence-electron chi connectivity index (χ0n) is 18.2. The second-order valence-electron chi connectivity index (χ2n) is 8.07. The third kappa shape index (κ3) is 8.41. The molecule has 1 saturated carbocycles. The van der Waals surface area contributed by atoms with Crippen molar-refractivity contribution in [2.24, 2.45) is 4.99 Å². The molecule has 1 saturated heterocycles. The smallest absolute Gasteiger partial charge is 0.222 e. The normalized spacial score (nSPS) is 18.1. The Kier molecular flexibility index (Phi) is 11.5. The van der Waals surface area contributed by atoms with Crippen LogP contribution >= 0.6 is 24.0 Å². The van der Waals surface area contributed by atoms with Crippen molar-refractivity contribution >= 4 is 35.8 Å². The predicted octanol–water partition coefficient (Wildman–Crippen LogP) is 3.83. The molecule has 1 aliphatic heterocycles. The number of nitrogens with one attached hydrogen (secondary N) is 2. The van der Waals surface area contributed by atoms with Crippen LogP contribution in [0.1, 0.15) is 62.5 Å². The van der Waals surface area contributed by atoms with Crippen LogP contribution in [0.25, 0.3) is 0 Å². The van der Waals surface area contributed by atoms with Gasteiger partial charge in [0.2, 0.25) is 5.91 Å². The Bertz CT molecular complexity index is 658. The number of hydrogen-bond acceptors (Lipinski definition) is 3. The first-order chi connectivity index (χ1) is 14.2. The third-order valence-electron chi connectivity index (χ3n) is 5.80. The summed E-state index contributed by atoms with van der Waals surface area (Å²) in [6.45, 7) is 3.80. The number of aliphatic imine (C=N–C) groups is 1. The van der Waals surface area contributed by atoms with Crippen molar-refractivity contribution < 1.29 is 9.53 Å². The monoisotopic (exact) mass is 528 g/mol. The van der Waals surface area contributed by atoms with E-state index in [4.69, 9.17) is 4.74 Å². The molecule has 2 fully saturated rings. The lowest BCUT2D eigenvalue weighted by Crippen LogP contribution is -2.38. The van der Waals surface area contributed by atoms with E-state index in [0.717, 1.165) is 38.6 Å². The summed E-state index contributed by atoms with van der Waals surface area (Å²) in [4.78, 5) is 18.0. The van der Waals surface area contributed by atoms with Gasteiger partial charge in [-0.3, -0.25) is 9.79 Å². The van der Waals surface area contributed by atoms with Crippen LogP contribution < -0.4 is 10.6 Å². The molecule has 0 aromatic heterocycles. The topological polar surface area (TPSA) is 66.0 Å². The van der Waals surface area contributed by atoms with Crippen LogP contribution in [0.3, 0.4) is 0 Å². The fraction of sp³-hybridized carbons (Fsp3) is 0.652. The highest BCUT2D eigenvalue weighted by Gasteiger charge is 2.19. The number of likely N-dealkylation sites (tertiary alicyclic amines) is 1. The number of carbonyl (C=O) groups excluding carboxylic acids is 1. The van der Waals surface area contributed by atoms with Crippen LogP contribution in [0.15, 0.2) is 29.3 Å². The van der Waals surface area contributed by atoms with Crippen LogP contribution in [0.4, 0.5) is 0 Å². The molecule has 0 radical (unpaired) electrons. The Balaban J connectivity index is 0.00000320. The van der Waals surface area contributed by atoms with Crippen LogP contribution in [-0.4, -0.2) is 49.6 Å². The van der Waals surface area contributed by atoms with Gasteiger partial charge in [0.05, 0.1) is 12.7 Å². The molecule has 168 valence electrons. The average Bonchev–Trinajstić information content (AvgIpc) is 2.98. The van der Waals surface area contributed by atoms with Crippen molar-refractivity contribution in [1.82, 2.24) is 15.5 Å². The Labute approximate surface area is 198 Å². The molecule has 3 rings (SSSR count). The van der Waals surface area contributed by atoms with Gasteiger partial charge in [-0.05, 0) is 30.4 Å². The molecular weight excluding hydrogens is 491 g/mol. The van der Waals surface area contributed by atoms with Crippen molar-refractivity contribution in [2.75, 3.05) is 26.7 Å². The van der Waals surface area contributed by atoms with E-state index in [0.29, 0.717) is 19.1 Å². The summed E-state index contributed by atoms with van der Waals surface area (Å²) in [5.74, 6) is 1.06. The first-order valence-corrected chi connectivity index (χ1v) is 11.2. The second-order valence-corrected chi connectivity index (χ2v) is 8.07. The molecule has 2 N–H and O–H groups in total. The molecule has 0 bridgehead atoms. The minimum atomic E-state index is 0. The van der Waals surface area contributed by atoms with E-state index in [1.54, 1.807) is 7.05 Å². The molecule has 30 heavy (non-hydrogen) atoms. The molecule has 1 aromatic rings. The Morgan fingerprint density at radius 1 is 1.07 bits per heavy atom. The van der Waals surface area contributed by atoms with E-state index in [1.807, 2.05) is 4.90 Å². The minimum Gasteiger partial charge on any atom is -0.376 e. The van der Waals surface area contributed by atoms with Gasteiger partial charge in [-0.2, -0.15) is 0 Å². The molecule has 0 spiro atoms. The predicted molar refractivity (Wildman–Crippen MR) is 132 cm³/mol. The SMILES string of the molecule is CN=C(NCCOC1CCCCCC1)NCc1ccc(CN2CCCC2=O)cc1.I. The van der Waals surface area contributed by atoms with E-state index in [2.05, 4.69) is 39.9 Å². The van der Waals surface area contributed by atoms with Crippen LogP contribution in [0.2, 0.25) is 0 Å². The van der Waals surface area contributed by atoms with Gasteiger partial charge in [0, 0.05) is 39.6 Å². The van der Waals surface area contributed by atoms with Gasteiger partial charge >= 0.3 is 0 Å². The average molecular weight is 528 g/mol. The maximum absolute atomic E-state index is 11.8. The number of ether oxygens (including phenoxy) is 1. The van der Waals surface area contributed by atoms with Gasteiger partial charge in [-0.1, -0.05) is 49.9 Å². The van der Waals surface area contributed by atoms with E-state index < -0.39 is 0 Å². The second kappa shape index (κ2) is 13.9. The number of guanidine groups is 1. The number of hydrogen-bond donors (Lipinski definition) is 2. The quantitative estimate of drug-likeness (QED) is 0.177. The van der Waals surface area contributed by atoms with Gasteiger partial charge in [0.1, 0.15) is 0 Å². The van der Waals surface area contributed by atoms with Crippen molar-refractivity contribution in [3.63, 3.8) is 0 Å². The summed E-state index contributed by atoms with van der Waals surface area (Å²) >= 11 is 0. The van der Waals surface area contributed by atoms with E-state index >= 15 is 0 Å². The molecule has 1 amide bonds. The summed E-state index contributed by atoms with van der Waals surface area (Å²) in [6, 6.07) is 8.45. The highest BCUT2D eigenvalue weighted by atomic mass is 127. The summed E-state index contributed by atoms with van der Waals surface area (Å²) in [7, 11) is 1.79. The van der Waals surface area contributed by atoms with Gasteiger partial charge < -0.3 is 20.3 Å². The number of amides is 1. The summed E-state index contributed by atoms with van der Waals surface area (Å²) in [5.41, 5.74) is 2.38. The standard InChI is InChI=1S/C23H36N4O2.HI/c1-24-23(25-14-16-29-21-7-4-2-3-5-8-21)26-17-19-10-12-20(13-11-19)18-27-15-6-9-22(27)28;/h10-13,21H,2-9,14-18H2,1H3,(H2,24,25,26);1H. The van der Waals surface area contributed by atoms with E-state index in [1.165, 1.54) is 49.7 Å². The summed E-state index contributed by atoms with van der Waals surface area (Å²) < 4.78 is 6.02. The zero-order valence-corrected chi connectivity index (χ0v) is 20.5. The summed E-state index contributed by atoms with van der Waals surface area (Å²) in [5, 5.41) is 6.68. The molecule has 1 heterocycles. The number of nitrogens with zero attached hydrogens (tertiary/aromatic N) is 2. The largest absolute Gasteiger partial charge is 0.376 e. The molecule has 0 atom stereocenters. The van der Waals surface area contributed by atoms with Crippen LogP contribution in [0, 0.1) is 0 Å². The molecule has 7 heteroatoms. The minimum absolute atomic E-state index is 0. The maximum Gasteiger partial charge on any atom is 0.222 e. The highest BCUT2D eigenvalue weighted by molar-refractivity contribution is 14.0. The van der Waals surface area contributed by atoms with Gasteiger partial charge in [-0.25, -0.2) is 0 Å². The van der Waals surface area contributed by atoms with E-state index in [-0.39, 0.29) is 29.9 Å². The number of halogens is 1. The molecular formula is C23H37IN4O2. The lowest BCUT2D eigenvalue weighted by Gasteiger charge is -2.17. The van der Waals surface area contributed by atoms with Crippen molar-refractivity contribution in [1.29, 1.82) is 0 Å². The van der Waals surface area contributed by atoms with Gasteiger partial charge in [-0.15, -0.1) is 24.0 Å². The van der Waals surface area contributed by atoms with Crippen LogP contribution in [-0.2, 0) is 22.6 Å². The first-order valence-electron chi connectivity index (χ1n) is 11.2. The Hall–Kier alpha value is -1.35. The first kappa shape index (κ1) is 24.9. The number of benzene rings is 1. The summed E-state index contributed by atoms with van der Waals surface area (Å²) in [6.07, 6.45) is 9.83. The highest BCUT2D eigenvalue weighted by Crippen LogP contribution is 2.19. The van der Waals surface area contributed by atoms with Crippen LogP contribution in [0.5, 0.6) is 0 Å². The zero-order chi connectivity index (χ0) is 20.3. The Morgan fingerprint density at radius 2 is 1.77 bits per heavy atom. The Morgan fingerprint density at radius 3 is 2.40 bits per heavy atom. The fourth-order valence-corrected chi connectivity index (χ4v) is 4.06. The van der Waals surface area contributed by atoms with Crippen molar-refractivity contribution in [2.45, 2.75) is 70.6 Å². The van der Waals surface area contributed by atoms with Gasteiger partial charge in [0.15, 0.2) is 5.96 Å².